The van der Waals surface area contributed by atoms with Gasteiger partial charge in [0.2, 0.25) is 0 Å². The van der Waals surface area contributed by atoms with Crippen LogP contribution < -0.4 is 5.32 Å². The van der Waals surface area contributed by atoms with Crippen LogP contribution in [0.15, 0.2) is 18.2 Å². The molecular formula is C16H27N. The Kier molecular flexibility index (Phi) is 6.28. The highest BCUT2D eigenvalue weighted by atomic mass is 14.8. The van der Waals surface area contributed by atoms with Crippen LogP contribution in [0.2, 0.25) is 0 Å². The first-order valence-electron chi connectivity index (χ1n) is 6.87. The number of hydrogen-bond donors (Lipinski definition) is 1. The lowest BCUT2D eigenvalue weighted by Crippen LogP contribution is -2.16. The summed E-state index contributed by atoms with van der Waals surface area (Å²) in [6.07, 6.45) is 3.99. The summed E-state index contributed by atoms with van der Waals surface area (Å²) in [5, 5.41) is 3.56. The summed E-state index contributed by atoms with van der Waals surface area (Å²) in [6, 6.07) is 6.53. The first-order chi connectivity index (χ1) is 8.11. The fraction of sp³-hybridized carbons (Fsp3) is 0.625. The summed E-state index contributed by atoms with van der Waals surface area (Å²) in [6.45, 7) is 11.1. The van der Waals surface area contributed by atoms with E-state index in [2.05, 4.69) is 51.2 Å². The molecule has 0 spiro atoms. The van der Waals surface area contributed by atoms with Crippen molar-refractivity contribution in [3.8, 4) is 0 Å². The van der Waals surface area contributed by atoms with Gasteiger partial charge < -0.3 is 5.32 Å². The molecule has 1 rings (SSSR count). The maximum Gasteiger partial charge on any atom is 0.0210 e. The van der Waals surface area contributed by atoms with Crippen LogP contribution in [0.3, 0.4) is 0 Å². The van der Waals surface area contributed by atoms with E-state index in [1.54, 1.807) is 0 Å². The molecule has 1 N–H and O–H groups in total. The Labute approximate surface area is 107 Å². The molecule has 0 radical (unpaired) electrons. The van der Waals surface area contributed by atoms with Crippen molar-refractivity contribution in [2.75, 3.05) is 6.54 Å². The highest BCUT2D eigenvalue weighted by Crippen LogP contribution is 2.12. The Hall–Kier alpha value is -0.820. The molecule has 1 aromatic carbocycles. The smallest absolute Gasteiger partial charge is 0.0210 e. The molecule has 1 aromatic rings. The second-order valence-electron chi connectivity index (χ2n) is 5.44. The van der Waals surface area contributed by atoms with Crippen LogP contribution in [0.1, 0.15) is 49.8 Å². The molecule has 0 aliphatic heterocycles. The average molecular weight is 233 g/mol. The molecule has 0 aromatic heterocycles. The van der Waals surface area contributed by atoms with E-state index in [1.807, 2.05) is 0 Å². The zero-order valence-corrected chi connectivity index (χ0v) is 11.8. The molecule has 0 heterocycles. The maximum absolute atomic E-state index is 3.56. The van der Waals surface area contributed by atoms with E-state index in [0.29, 0.717) is 0 Å². The van der Waals surface area contributed by atoms with Gasteiger partial charge in [0.25, 0.3) is 0 Å². The van der Waals surface area contributed by atoms with Crippen molar-refractivity contribution in [2.45, 2.75) is 53.5 Å². The van der Waals surface area contributed by atoms with Crippen molar-refractivity contribution in [1.29, 1.82) is 0 Å². The fourth-order valence-electron chi connectivity index (χ4n) is 2.14. The summed E-state index contributed by atoms with van der Waals surface area (Å²) < 4.78 is 0. The largest absolute Gasteiger partial charge is 0.313 e. The third-order valence-electron chi connectivity index (χ3n) is 3.33. The van der Waals surface area contributed by atoms with E-state index < -0.39 is 0 Å². The van der Waals surface area contributed by atoms with E-state index >= 15 is 0 Å². The van der Waals surface area contributed by atoms with Crippen LogP contribution in [-0.2, 0) is 6.54 Å². The molecule has 0 saturated carbocycles. The van der Waals surface area contributed by atoms with E-state index in [-0.39, 0.29) is 0 Å². The maximum atomic E-state index is 3.56. The monoisotopic (exact) mass is 233 g/mol. The predicted molar refractivity (Wildman–Crippen MR) is 76.3 cm³/mol. The molecule has 0 bridgehead atoms. The van der Waals surface area contributed by atoms with Gasteiger partial charge in [0.15, 0.2) is 0 Å². The molecule has 0 aliphatic carbocycles. The van der Waals surface area contributed by atoms with E-state index in [4.69, 9.17) is 0 Å². The number of aryl methyl sites for hydroxylation is 2. The van der Waals surface area contributed by atoms with Gasteiger partial charge in [0, 0.05) is 6.54 Å². The first-order valence-corrected chi connectivity index (χ1v) is 6.87. The second kappa shape index (κ2) is 7.50. The van der Waals surface area contributed by atoms with Gasteiger partial charge in [0.05, 0.1) is 0 Å². The van der Waals surface area contributed by atoms with Gasteiger partial charge in [-0.3, -0.25) is 0 Å². The molecule has 0 saturated heterocycles. The van der Waals surface area contributed by atoms with Crippen LogP contribution in [0.5, 0.6) is 0 Å². The summed E-state index contributed by atoms with van der Waals surface area (Å²) in [7, 11) is 0. The summed E-state index contributed by atoms with van der Waals surface area (Å²) in [5.74, 6) is 0.841. The molecule has 17 heavy (non-hydrogen) atoms. The molecule has 0 aliphatic rings. The highest BCUT2D eigenvalue weighted by molar-refractivity contribution is 5.33. The Balaban J connectivity index is 2.22. The van der Waals surface area contributed by atoms with Crippen molar-refractivity contribution < 1.29 is 0 Å². The van der Waals surface area contributed by atoms with Gasteiger partial charge in [-0.15, -0.1) is 0 Å². The molecule has 1 heteroatoms. The van der Waals surface area contributed by atoms with Crippen LogP contribution in [-0.4, -0.2) is 6.54 Å². The molecular weight excluding hydrogens is 206 g/mol. The lowest BCUT2D eigenvalue weighted by Gasteiger charge is -2.11. The van der Waals surface area contributed by atoms with Crippen LogP contribution in [0, 0.1) is 19.8 Å². The van der Waals surface area contributed by atoms with Crippen molar-refractivity contribution in [1.82, 2.24) is 5.32 Å². The Morgan fingerprint density at radius 3 is 2.29 bits per heavy atom. The van der Waals surface area contributed by atoms with Crippen molar-refractivity contribution in [3.05, 3.63) is 34.9 Å². The van der Waals surface area contributed by atoms with Gasteiger partial charge in [0.1, 0.15) is 0 Å². The lowest BCUT2D eigenvalue weighted by atomic mass is 10.0. The zero-order valence-electron chi connectivity index (χ0n) is 11.8. The Morgan fingerprint density at radius 2 is 1.71 bits per heavy atom. The minimum Gasteiger partial charge on any atom is -0.313 e. The van der Waals surface area contributed by atoms with Gasteiger partial charge in [-0.25, -0.2) is 0 Å². The Morgan fingerprint density at radius 1 is 1.06 bits per heavy atom. The molecule has 0 atom stereocenters. The second-order valence-corrected chi connectivity index (χ2v) is 5.44. The lowest BCUT2D eigenvalue weighted by molar-refractivity contribution is 0.520. The van der Waals surface area contributed by atoms with E-state index in [9.17, 15) is 0 Å². The van der Waals surface area contributed by atoms with Gasteiger partial charge in [-0.1, -0.05) is 44.9 Å². The number of nitrogens with one attached hydrogen (secondary N) is 1. The summed E-state index contributed by atoms with van der Waals surface area (Å²) >= 11 is 0. The number of benzene rings is 1. The first kappa shape index (κ1) is 14.2. The highest BCUT2D eigenvalue weighted by Gasteiger charge is 2.01. The number of rotatable bonds is 7. The predicted octanol–water partition coefficient (Wildman–Crippen LogP) is 4.22. The molecule has 0 unspecified atom stereocenters. The number of unbranched alkanes of at least 4 members (excludes halogenated alkanes) is 1. The van der Waals surface area contributed by atoms with Gasteiger partial charge in [-0.2, -0.15) is 0 Å². The van der Waals surface area contributed by atoms with Crippen LogP contribution in [0.4, 0.5) is 0 Å². The SMILES string of the molecule is Cc1cccc(C)c1CNCCCCC(C)C. The van der Waals surface area contributed by atoms with Crippen molar-refractivity contribution >= 4 is 0 Å². The molecule has 96 valence electrons. The normalized spacial score (nSPS) is 11.1. The van der Waals surface area contributed by atoms with Gasteiger partial charge in [-0.05, 0) is 49.4 Å². The summed E-state index contributed by atoms with van der Waals surface area (Å²) in [4.78, 5) is 0. The molecule has 0 amide bonds. The standard InChI is InChI=1S/C16H27N/c1-13(2)8-5-6-11-17-12-16-14(3)9-7-10-15(16)4/h7,9-10,13,17H,5-6,8,11-12H2,1-4H3. The average Bonchev–Trinajstić information content (AvgIpc) is 2.26. The van der Waals surface area contributed by atoms with E-state index in [1.165, 1.54) is 36.0 Å². The van der Waals surface area contributed by atoms with Crippen LogP contribution in [0.25, 0.3) is 0 Å². The zero-order chi connectivity index (χ0) is 12.7. The van der Waals surface area contributed by atoms with Crippen LogP contribution >= 0.6 is 0 Å². The summed E-state index contributed by atoms with van der Waals surface area (Å²) in [5.41, 5.74) is 4.27. The van der Waals surface area contributed by atoms with Crippen molar-refractivity contribution in [2.24, 2.45) is 5.92 Å². The molecule has 1 nitrogen and oxygen atoms in total. The van der Waals surface area contributed by atoms with Gasteiger partial charge >= 0.3 is 0 Å². The van der Waals surface area contributed by atoms with Crippen molar-refractivity contribution in [3.63, 3.8) is 0 Å². The quantitative estimate of drug-likeness (QED) is 0.695. The Bertz CT molecular complexity index is 308. The fourth-order valence-corrected chi connectivity index (χ4v) is 2.14. The minimum atomic E-state index is 0.841. The third kappa shape index (κ3) is 5.36. The minimum absolute atomic E-state index is 0.841. The number of hydrogen-bond acceptors (Lipinski definition) is 1. The third-order valence-corrected chi connectivity index (χ3v) is 3.33. The topological polar surface area (TPSA) is 12.0 Å². The molecule has 0 fully saturated rings. The van der Waals surface area contributed by atoms with E-state index in [0.717, 1.165) is 19.0 Å².